The molecule has 6 N–H and O–H groups in total. The number of benzene rings is 1. The van der Waals surface area contributed by atoms with E-state index < -0.39 is 5.91 Å². The van der Waals surface area contributed by atoms with Gasteiger partial charge in [-0.3, -0.25) is 4.79 Å². The van der Waals surface area contributed by atoms with E-state index in [-0.39, 0.29) is 5.96 Å². The summed E-state index contributed by atoms with van der Waals surface area (Å²) >= 11 is 0. The Kier molecular flexibility index (Phi) is 4.17. The minimum absolute atomic E-state index is 0.248. The number of nitrogens with zero attached hydrogens (tertiary/aromatic N) is 2. The van der Waals surface area contributed by atoms with Crippen LogP contribution < -0.4 is 17.2 Å². The van der Waals surface area contributed by atoms with Crippen molar-refractivity contribution in [2.75, 3.05) is 6.54 Å². The molecular weight excluding hydrogens is 254 g/mol. The molecule has 104 valence electrons. The molecule has 0 aliphatic rings. The second kappa shape index (κ2) is 6.03. The molecule has 1 amide bonds. The number of aliphatic imine (C=N–C) groups is 1. The van der Waals surface area contributed by atoms with Crippen LogP contribution in [0, 0.1) is 0 Å². The molecule has 0 unspecified atom stereocenters. The van der Waals surface area contributed by atoms with Crippen LogP contribution in [0.4, 0.5) is 0 Å². The molecule has 0 fully saturated rings. The standard InChI is InChI=1S/C14H17N5O/c15-4-3-10-7-11(13(20)18-14(16)17)9-12(8-10)19-5-1-2-6-19/h1-2,5-9H,3-4,15H2,(H4,16,17,18,20). The van der Waals surface area contributed by atoms with Gasteiger partial charge in [0.25, 0.3) is 5.91 Å². The van der Waals surface area contributed by atoms with Gasteiger partial charge in [-0.25, -0.2) is 0 Å². The van der Waals surface area contributed by atoms with Gasteiger partial charge in [0.1, 0.15) is 0 Å². The van der Waals surface area contributed by atoms with Gasteiger partial charge in [-0.05, 0) is 48.9 Å². The second-order valence-electron chi connectivity index (χ2n) is 4.36. The second-order valence-corrected chi connectivity index (χ2v) is 4.36. The first-order valence-corrected chi connectivity index (χ1v) is 6.21. The van der Waals surface area contributed by atoms with Gasteiger partial charge in [-0.1, -0.05) is 0 Å². The van der Waals surface area contributed by atoms with Crippen molar-refractivity contribution in [2.45, 2.75) is 6.42 Å². The molecule has 0 bridgehead atoms. The number of rotatable bonds is 4. The zero-order chi connectivity index (χ0) is 14.5. The van der Waals surface area contributed by atoms with Crippen molar-refractivity contribution in [3.63, 3.8) is 0 Å². The van der Waals surface area contributed by atoms with Crippen LogP contribution in [0.2, 0.25) is 0 Å². The summed E-state index contributed by atoms with van der Waals surface area (Å²) < 4.78 is 1.91. The van der Waals surface area contributed by atoms with E-state index in [4.69, 9.17) is 17.2 Å². The van der Waals surface area contributed by atoms with Crippen molar-refractivity contribution in [2.24, 2.45) is 22.2 Å². The van der Waals surface area contributed by atoms with E-state index in [1.807, 2.05) is 35.2 Å². The first-order chi connectivity index (χ1) is 9.60. The summed E-state index contributed by atoms with van der Waals surface area (Å²) in [6, 6.07) is 9.31. The topological polar surface area (TPSA) is 112 Å². The molecule has 6 heteroatoms. The van der Waals surface area contributed by atoms with Gasteiger partial charge in [0.2, 0.25) is 0 Å². The average molecular weight is 271 g/mol. The Morgan fingerprint density at radius 3 is 2.45 bits per heavy atom. The summed E-state index contributed by atoms with van der Waals surface area (Å²) in [6.45, 7) is 0.505. The third-order valence-corrected chi connectivity index (χ3v) is 2.79. The molecule has 20 heavy (non-hydrogen) atoms. The highest BCUT2D eigenvalue weighted by Gasteiger charge is 2.09. The highest BCUT2D eigenvalue weighted by molar-refractivity contribution is 6.02. The van der Waals surface area contributed by atoms with Gasteiger partial charge < -0.3 is 21.8 Å². The monoisotopic (exact) mass is 271 g/mol. The summed E-state index contributed by atoms with van der Waals surface area (Å²) in [7, 11) is 0. The van der Waals surface area contributed by atoms with Crippen LogP contribution in [0.1, 0.15) is 15.9 Å². The molecule has 0 saturated heterocycles. The van der Waals surface area contributed by atoms with Crippen LogP contribution in [0.3, 0.4) is 0 Å². The summed E-state index contributed by atoms with van der Waals surface area (Å²) in [5, 5.41) is 0. The quantitative estimate of drug-likeness (QED) is 0.551. The van der Waals surface area contributed by atoms with Crippen molar-refractivity contribution >= 4 is 11.9 Å². The maximum Gasteiger partial charge on any atom is 0.280 e. The van der Waals surface area contributed by atoms with Gasteiger partial charge in [0.05, 0.1) is 0 Å². The van der Waals surface area contributed by atoms with Crippen molar-refractivity contribution in [3.05, 3.63) is 53.9 Å². The average Bonchev–Trinajstić information content (AvgIpc) is 2.92. The number of nitrogens with two attached hydrogens (primary N) is 3. The van der Waals surface area contributed by atoms with E-state index >= 15 is 0 Å². The van der Waals surface area contributed by atoms with Gasteiger partial charge in [-0.15, -0.1) is 0 Å². The summed E-state index contributed by atoms with van der Waals surface area (Å²) in [5.41, 5.74) is 18.3. The molecule has 2 rings (SSSR count). The summed E-state index contributed by atoms with van der Waals surface area (Å²) in [4.78, 5) is 15.5. The Bertz CT molecular complexity index is 627. The van der Waals surface area contributed by atoms with Crippen LogP contribution >= 0.6 is 0 Å². The normalized spacial score (nSPS) is 10.2. The largest absolute Gasteiger partial charge is 0.370 e. The van der Waals surface area contributed by atoms with Crippen LogP contribution in [-0.2, 0) is 6.42 Å². The van der Waals surface area contributed by atoms with E-state index in [2.05, 4.69) is 4.99 Å². The third kappa shape index (κ3) is 3.24. The maximum atomic E-state index is 11.9. The maximum absolute atomic E-state index is 11.9. The van der Waals surface area contributed by atoms with Crippen LogP contribution in [-0.4, -0.2) is 23.0 Å². The predicted molar refractivity (Wildman–Crippen MR) is 78.7 cm³/mol. The first kappa shape index (κ1) is 13.8. The van der Waals surface area contributed by atoms with E-state index in [0.717, 1.165) is 11.3 Å². The Morgan fingerprint density at radius 1 is 1.15 bits per heavy atom. The molecule has 0 spiro atoms. The fourth-order valence-corrected chi connectivity index (χ4v) is 1.95. The lowest BCUT2D eigenvalue weighted by Gasteiger charge is -2.09. The van der Waals surface area contributed by atoms with Crippen LogP contribution in [0.5, 0.6) is 0 Å². The number of guanidine groups is 1. The lowest BCUT2D eigenvalue weighted by atomic mass is 10.1. The smallest absolute Gasteiger partial charge is 0.280 e. The predicted octanol–water partition coefficient (Wildman–Crippen LogP) is 0.392. The number of hydrogen-bond acceptors (Lipinski definition) is 2. The first-order valence-electron chi connectivity index (χ1n) is 6.21. The van der Waals surface area contributed by atoms with Crippen LogP contribution in [0.25, 0.3) is 5.69 Å². The van der Waals surface area contributed by atoms with Crippen molar-refractivity contribution < 1.29 is 4.79 Å². The number of amides is 1. The number of aromatic nitrogens is 1. The summed E-state index contributed by atoms with van der Waals surface area (Å²) in [5.74, 6) is -0.709. The van der Waals surface area contributed by atoms with E-state index in [1.165, 1.54) is 0 Å². The third-order valence-electron chi connectivity index (χ3n) is 2.79. The lowest BCUT2D eigenvalue weighted by molar-refractivity contribution is 0.100. The van der Waals surface area contributed by atoms with E-state index in [1.54, 1.807) is 12.1 Å². The minimum atomic E-state index is -0.461. The highest BCUT2D eigenvalue weighted by atomic mass is 16.1. The molecule has 0 aliphatic heterocycles. The molecule has 1 heterocycles. The Morgan fingerprint density at radius 2 is 1.85 bits per heavy atom. The molecule has 1 aromatic carbocycles. The lowest BCUT2D eigenvalue weighted by Crippen LogP contribution is -2.24. The molecule has 0 saturated carbocycles. The van der Waals surface area contributed by atoms with Gasteiger partial charge in [0.15, 0.2) is 5.96 Å². The van der Waals surface area contributed by atoms with Gasteiger partial charge in [-0.2, -0.15) is 4.99 Å². The Balaban J connectivity index is 2.46. The number of carbonyl (C=O) groups is 1. The van der Waals surface area contributed by atoms with Gasteiger partial charge in [0, 0.05) is 23.6 Å². The minimum Gasteiger partial charge on any atom is -0.370 e. The zero-order valence-electron chi connectivity index (χ0n) is 11.0. The fraction of sp³-hybridized carbons (Fsp3) is 0.143. The molecule has 0 atom stereocenters. The molecular formula is C14H17N5O. The Hall–Kier alpha value is -2.60. The summed E-state index contributed by atoms with van der Waals surface area (Å²) in [6.07, 6.45) is 4.48. The SMILES string of the molecule is NCCc1cc(C(=O)N=C(N)N)cc(-n2cccc2)c1. The molecule has 6 nitrogen and oxygen atoms in total. The van der Waals surface area contributed by atoms with E-state index in [9.17, 15) is 4.79 Å². The number of hydrogen-bond donors (Lipinski definition) is 3. The van der Waals surface area contributed by atoms with Crippen LogP contribution in [0.15, 0.2) is 47.7 Å². The van der Waals surface area contributed by atoms with Crippen molar-refractivity contribution in [1.29, 1.82) is 0 Å². The number of carbonyl (C=O) groups excluding carboxylic acids is 1. The van der Waals surface area contributed by atoms with E-state index in [0.29, 0.717) is 18.5 Å². The molecule has 1 aromatic heterocycles. The van der Waals surface area contributed by atoms with Crippen molar-refractivity contribution in [1.82, 2.24) is 4.57 Å². The molecule has 0 radical (unpaired) electrons. The molecule has 0 aliphatic carbocycles. The zero-order valence-corrected chi connectivity index (χ0v) is 11.0. The Labute approximate surface area is 116 Å². The van der Waals surface area contributed by atoms with Crippen molar-refractivity contribution in [3.8, 4) is 5.69 Å². The fourth-order valence-electron chi connectivity index (χ4n) is 1.95. The molecule has 2 aromatic rings. The highest BCUT2D eigenvalue weighted by Crippen LogP contribution is 2.16. The van der Waals surface area contributed by atoms with Gasteiger partial charge >= 0.3 is 0 Å².